The van der Waals surface area contributed by atoms with Crippen LogP contribution in [-0.4, -0.2) is 68.3 Å². The Kier molecular flexibility index (Phi) is 8.68. The van der Waals surface area contributed by atoms with Gasteiger partial charge in [-0.3, -0.25) is 9.69 Å². The first-order chi connectivity index (χ1) is 17.6. The first kappa shape index (κ1) is 27.7. The molecule has 1 aliphatic heterocycles. The molecule has 1 fully saturated rings. The van der Waals surface area contributed by atoms with Gasteiger partial charge in [-0.1, -0.05) is 30.7 Å². The summed E-state index contributed by atoms with van der Waals surface area (Å²) in [6, 6.07) is 10.6. The van der Waals surface area contributed by atoms with Gasteiger partial charge in [0.25, 0.3) is 5.91 Å². The Labute approximate surface area is 225 Å². The lowest BCUT2D eigenvalue weighted by Gasteiger charge is -2.34. The van der Waals surface area contributed by atoms with E-state index in [-0.39, 0.29) is 16.8 Å². The third kappa shape index (κ3) is 5.90. The summed E-state index contributed by atoms with van der Waals surface area (Å²) >= 11 is 1.52. The number of aromatic nitrogens is 1. The molecule has 2 aromatic carbocycles. The summed E-state index contributed by atoms with van der Waals surface area (Å²) in [4.78, 5) is 22.7. The Bertz CT molecular complexity index is 1350. The van der Waals surface area contributed by atoms with Crippen LogP contribution in [0.5, 0.6) is 0 Å². The molecule has 1 saturated heterocycles. The van der Waals surface area contributed by atoms with Crippen molar-refractivity contribution in [1.29, 1.82) is 0 Å². The molecular weight excluding hydrogens is 504 g/mol. The molecular formula is C28H38N4O3S2. The van der Waals surface area contributed by atoms with Crippen LogP contribution in [0.3, 0.4) is 0 Å². The van der Waals surface area contributed by atoms with Crippen molar-refractivity contribution in [1.82, 2.24) is 14.2 Å². The van der Waals surface area contributed by atoms with Gasteiger partial charge in [0.05, 0.1) is 15.1 Å². The molecule has 1 atom stereocenters. The number of hydrogen-bond acceptors (Lipinski definition) is 6. The zero-order valence-electron chi connectivity index (χ0n) is 22.5. The fourth-order valence-electron chi connectivity index (χ4n) is 4.92. The number of nitrogens with zero attached hydrogens (tertiary/aromatic N) is 4. The molecule has 1 aromatic heterocycles. The second kappa shape index (κ2) is 11.6. The lowest BCUT2D eigenvalue weighted by atomic mass is 10.0. The third-order valence-electron chi connectivity index (χ3n) is 7.29. The second-order valence-electron chi connectivity index (χ2n) is 10.2. The minimum Gasteiger partial charge on any atom is -0.309 e. The zero-order chi connectivity index (χ0) is 26.7. The standard InChI is InChI=1S/C28H38N4O3S2/c1-6-23-10-7-8-19-32(23)37(34,35)24-14-12-22(13-15-24)27(33)31(18-9-17-30(4)5)28-29-26-21(3)20(2)11-16-25(26)36-28/h11-16,23H,6-10,17-19H2,1-5H3. The Morgan fingerprint density at radius 3 is 2.49 bits per heavy atom. The van der Waals surface area contributed by atoms with Crippen LogP contribution in [0.15, 0.2) is 41.3 Å². The molecule has 200 valence electrons. The van der Waals surface area contributed by atoms with Gasteiger partial charge in [-0.15, -0.1) is 0 Å². The van der Waals surface area contributed by atoms with E-state index in [1.807, 2.05) is 21.0 Å². The van der Waals surface area contributed by atoms with E-state index >= 15 is 0 Å². The van der Waals surface area contributed by atoms with Crippen LogP contribution in [0, 0.1) is 13.8 Å². The highest BCUT2D eigenvalue weighted by Crippen LogP contribution is 2.33. The normalized spacial score (nSPS) is 17.0. The smallest absolute Gasteiger partial charge is 0.260 e. The number of fused-ring (bicyclic) bond motifs is 1. The maximum absolute atomic E-state index is 13.7. The molecule has 0 saturated carbocycles. The molecule has 3 aromatic rings. The first-order valence-corrected chi connectivity index (χ1v) is 15.3. The van der Waals surface area contributed by atoms with E-state index in [1.165, 1.54) is 16.9 Å². The average Bonchev–Trinajstić information content (AvgIpc) is 3.33. The quantitative estimate of drug-likeness (QED) is 0.359. The van der Waals surface area contributed by atoms with E-state index < -0.39 is 10.0 Å². The number of carbonyl (C=O) groups excluding carboxylic acids is 1. The minimum absolute atomic E-state index is 0.0402. The summed E-state index contributed by atoms with van der Waals surface area (Å²) in [5, 5.41) is 0.670. The predicted molar refractivity (Wildman–Crippen MR) is 152 cm³/mol. The fourth-order valence-corrected chi connectivity index (χ4v) is 7.73. The highest BCUT2D eigenvalue weighted by atomic mass is 32.2. The number of rotatable bonds is 9. The van der Waals surface area contributed by atoms with Crippen LogP contribution in [0.1, 0.15) is 60.5 Å². The van der Waals surface area contributed by atoms with Gasteiger partial charge in [0.15, 0.2) is 5.13 Å². The van der Waals surface area contributed by atoms with Crippen molar-refractivity contribution in [2.75, 3.05) is 38.6 Å². The molecule has 0 aliphatic carbocycles. The number of piperidine rings is 1. The van der Waals surface area contributed by atoms with Crippen LogP contribution in [0.2, 0.25) is 0 Å². The van der Waals surface area contributed by atoms with Crippen molar-refractivity contribution in [2.24, 2.45) is 0 Å². The maximum atomic E-state index is 13.7. The molecule has 7 nitrogen and oxygen atoms in total. The molecule has 0 N–H and O–H groups in total. The summed E-state index contributed by atoms with van der Waals surface area (Å²) in [5.41, 5.74) is 3.68. The minimum atomic E-state index is -3.60. The molecule has 37 heavy (non-hydrogen) atoms. The first-order valence-electron chi connectivity index (χ1n) is 13.1. The molecule has 1 amide bonds. The Balaban J connectivity index is 1.63. The summed E-state index contributed by atoms with van der Waals surface area (Å²) in [6.07, 6.45) is 4.45. The SMILES string of the molecule is CCC1CCCCN1S(=O)(=O)c1ccc(C(=O)N(CCCN(C)C)c2nc3c(C)c(C)ccc3s2)cc1. The van der Waals surface area contributed by atoms with Crippen LogP contribution >= 0.6 is 11.3 Å². The highest BCUT2D eigenvalue weighted by molar-refractivity contribution is 7.89. The lowest BCUT2D eigenvalue weighted by molar-refractivity contribution is 0.0986. The Morgan fingerprint density at radius 1 is 1.08 bits per heavy atom. The number of thiazole rings is 1. The zero-order valence-corrected chi connectivity index (χ0v) is 24.2. The molecule has 0 spiro atoms. The van der Waals surface area contributed by atoms with Crippen LogP contribution in [0.25, 0.3) is 10.2 Å². The van der Waals surface area contributed by atoms with E-state index in [0.717, 1.165) is 54.4 Å². The van der Waals surface area contributed by atoms with Gasteiger partial charge in [0.1, 0.15) is 0 Å². The van der Waals surface area contributed by atoms with Gasteiger partial charge in [-0.25, -0.2) is 13.4 Å². The van der Waals surface area contributed by atoms with E-state index in [2.05, 4.69) is 30.9 Å². The summed E-state index contributed by atoms with van der Waals surface area (Å²) in [5.74, 6) is -0.166. The van der Waals surface area contributed by atoms with Gasteiger partial charge < -0.3 is 4.90 Å². The van der Waals surface area contributed by atoms with Gasteiger partial charge in [-0.2, -0.15) is 4.31 Å². The largest absolute Gasteiger partial charge is 0.309 e. The van der Waals surface area contributed by atoms with Gasteiger partial charge in [0, 0.05) is 24.7 Å². The maximum Gasteiger partial charge on any atom is 0.260 e. The molecule has 4 rings (SSSR count). The Hall–Kier alpha value is -2.33. The van der Waals surface area contributed by atoms with Crippen LogP contribution in [0.4, 0.5) is 5.13 Å². The van der Waals surface area contributed by atoms with Crippen LogP contribution < -0.4 is 4.90 Å². The topological polar surface area (TPSA) is 73.8 Å². The molecule has 0 bridgehead atoms. The fraction of sp³-hybridized carbons (Fsp3) is 0.500. The number of aryl methyl sites for hydroxylation is 2. The number of sulfonamides is 1. The van der Waals surface area contributed by atoms with E-state index in [1.54, 1.807) is 33.5 Å². The van der Waals surface area contributed by atoms with E-state index in [4.69, 9.17) is 4.98 Å². The van der Waals surface area contributed by atoms with Crippen LogP contribution in [-0.2, 0) is 10.0 Å². The predicted octanol–water partition coefficient (Wildman–Crippen LogP) is 5.46. The average molecular weight is 543 g/mol. The monoisotopic (exact) mass is 542 g/mol. The lowest BCUT2D eigenvalue weighted by Crippen LogP contribution is -2.43. The number of carbonyl (C=O) groups is 1. The summed E-state index contributed by atoms with van der Waals surface area (Å²) < 4.78 is 29.4. The van der Waals surface area contributed by atoms with Crippen molar-refractivity contribution < 1.29 is 13.2 Å². The molecule has 0 radical (unpaired) electrons. The second-order valence-corrected chi connectivity index (χ2v) is 13.1. The molecule has 1 unspecified atom stereocenters. The molecule has 2 heterocycles. The van der Waals surface area contributed by atoms with E-state index in [0.29, 0.717) is 23.8 Å². The number of anilines is 1. The van der Waals surface area contributed by atoms with Crippen molar-refractivity contribution in [3.63, 3.8) is 0 Å². The van der Waals surface area contributed by atoms with Crippen molar-refractivity contribution in [3.05, 3.63) is 53.1 Å². The van der Waals surface area contributed by atoms with Gasteiger partial charge in [0.2, 0.25) is 10.0 Å². The third-order valence-corrected chi connectivity index (χ3v) is 10.3. The number of hydrogen-bond donors (Lipinski definition) is 0. The van der Waals surface area contributed by atoms with Crippen molar-refractivity contribution in [3.8, 4) is 0 Å². The molecule has 1 aliphatic rings. The summed E-state index contributed by atoms with van der Waals surface area (Å²) in [6.45, 7) is 8.09. The van der Waals surface area contributed by atoms with Crippen molar-refractivity contribution in [2.45, 2.75) is 63.8 Å². The van der Waals surface area contributed by atoms with Crippen molar-refractivity contribution >= 4 is 42.6 Å². The summed E-state index contributed by atoms with van der Waals surface area (Å²) in [7, 11) is 0.433. The number of benzene rings is 2. The number of amides is 1. The van der Waals surface area contributed by atoms with Gasteiger partial charge >= 0.3 is 0 Å². The molecule has 9 heteroatoms. The Morgan fingerprint density at radius 2 is 1.81 bits per heavy atom. The van der Waals surface area contributed by atoms with E-state index in [9.17, 15) is 13.2 Å². The highest BCUT2D eigenvalue weighted by Gasteiger charge is 2.32. The van der Waals surface area contributed by atoms with Gasteiger partial charge in [-0.05, 0) is 102 Å².